The lowest BCUT2D eigenvalue weighted by Gasteiger charge is -2.35. The van der Waals surface area contributed by atoms with E-state index in [-0.39, 0.29) is 29.1 Å². The number of carbonyl (C=O) groups is 3. The Kier molecular flexibility index (Phi) is 8.05. The van der Waals surface area contributed by atoms with Crippen molar-refractivity contribution < 1.29 is 19.5 Å². The minimum Gasteiger partial charge on any atom is -0.396 e. The third-order valence-electron chi connectivity index (χ3n) is 8.39. The van der Waals surface area contributed by atoms with E-state index in [0.29, 0.717) is 13.1 Å². The number of aliphatic hydroxyl groups is 1. The molecule has 3 amide bonds. The monoisotopic (exact) mass is 515 g/mol. The van der Waals surface area contributed by atoms with Crippen LogP contribution in [-0.2, 0) is 14.4 Å². The van der Waals surface area contributed by atoms with Crippen LogP contribution in [0.5, 0.6) is 0 Å². The Balaban J connectivity index is 1.67. The summed E-state index contributed by atoms with van der Waals surface area (Å²) in [5.41, 5.74) is 2.78. The molecule has 1 aromatic carbocycles. The van der Waals surface area contributed by atoms with E-state index in [1.165, 1.54) is 0 Å². The summed E-state index contributed by atoms with van der Waals surface area (Å²) in [7, 11) is 0. The number of nitrogens with zero attached hydrogens (tertiary/aromatic N) is 1. The van der Waals surface area contributed by atoms with Gasteiger partial charge in [0.25, 0.3) is 0 Å². The molecule has 3 saturated heterocycles. The van der Waals surface area contributed by atoms with Gasteiger partial charge in [0.2, 0.25) is 17.7 Å². The van der Waals surface area contributed by atoms with Crippen LogP contribution in [0.3, 0.4) is 0 Å². The van der Waals surface area contributed by atoms with Gasteiger partial charge in [0.05, 0.1) is 16.6 Å². The van der Waals surface area contributed by atoms with Gasteiger partial charge in [-0.15, -0.1) is 11.8 Å². The first kappa shape index (κ1) is 27.0. The third kappa shape index (κ3) is 4.55. The van der Waals surface area contributed by atoms with Crippen molar-refractivity contribution in [3.05, 3.63) is 29.3 Å². The highest BCUT2D eigenvalue weighted by Gasteiger charge is 2.76. The number of fused-ring (bicyclic) bond motifs is 1. The number of unbranched alkanes of at least 4 members (excludes halogenated alkanes) is 3. The zero-order valence-electron chi connectivity index (χ0n) is 22.1. The number of amides is 3. The molecule has 0 aliphatic carbocycles. The Hall–Kier alpha value is -2.06. The summed E-state index contributed by atoms with van der Waals surface area (Å²) in [4.78, 5) is 43.2. The molecule has 5 atom stereocenters. The van der Waals surface area contributed by atoms with Crippen LogP contribution in [0.1, 0.15) is 69.9 Å². The highest BCUT2D eigenvalue weighted by Crippen LogP contribution is 2.71. The van der Waals surface area contributed by atoms with E-state index in [1.807, 2.05) is 39.0 Å². The second kappa shape index (κ2) is 10.7. The molecule has 4 rings (SSSR count). The normalized spacial score (nSPS) is 30.5. The molecule has 0 saturated carbocycles. The topological polar surface area (TPSA) is 98.7 Å². The number of rotatable bonds is 11. The zero-order valence-corrected chi connectivity index (χ0v) is 22.9. The molecule has 2 bridgehead atoms. The SMILES string of the molecule is CCCNC(=O)[C@@H]1[C@H]2C(=O)N(CCCCCCO)C(C(=O)Nc3c(C)cccc3C)C23CC[C@@]1(C)S3. The fourth-order valence-corrected chi connectivity index (χ4v) is 9.03. The van der Waals surface area contributed by atoms with Gasteiger partial charge in [-0.3, -0.25) is 14.4 Å². The highest BCUT2D eigenvalue weighted by molar-refractivity contribution is 8.02. The number of aliphatic hydroxyl groups excluding tert-OH is 1. The van der Waals surface area contributed by atoms with Gasteiger partial charge in [-0.1, -0.05) is 38.0 Å². The Morgan fingerprint density at radius 1 is 1.11 bits per heavy atom. The molecule has 1 spiro atoms. The number of hydrogen-bond acceptors (Lipinski definition) is 5. The van der Waals surface area contributed by atoms with Crippen molar-refractivity contribution in [1.82, 2.24) is 10.2 Å². The van der Waals surface area contributed by atoms with Crippen LogP contribution in [0.25, 0.3) is 0 Å². The number of hydrogen-bond donors (Lipinski definition) is 3. The first-order chi connectivity index (χ1) is 17.2. The standard InChI is InChI=1S/C28H41N3O4S/c1-5-15-29-24(33)20-21-26(35)31(16-8-6-7-9-17-32)23(28(21)14-13-27(20,4)36-28)25(34)30-22-18(2)11-10-12-19(22)3/h10-12,20-21,23,32H,5-9,13-17H2,1-4H3,(H,29,33)(H,30,34)/t20-,21-,23?,27+,28?/m0/s1. The first-order valence-electron chi connectivity index (χ1n) is 13.5. The molecule has 3 heterocycles. The Bertz CT molecular complexity index is 996. The van der Waals surface area contributed by atoms with Crippen molar-refractivity contribution in [3.63, 3.8) is 0 Å². The molecule has 8 heteroatoms. The maximum Gasteiger partial charge on any atom is 0.248 e. The van der Waals surface area contributed by atoms with Gasteiger partial charge in [0, 0.05) is 30.1 Å². The van der Waals surface area contributed by atoms with Gasteiger partial charge in [0.1, 0.15) is 6.04 Å². The van der Waals surface area contributed by atoms with E-state index in [9.17, 15) is 14.4 Å². The van der Waals surface area contributed by atoms with Crippen molar-refractivity contribution in [1.29, 1.82) is 0 Å². The van der Waals surface area contributed by atoms with Gasteiger partial charge in [0.15, 0.2) is 0 Å². The number of likely N-dealkylation sites (tertiary alicyclic amines) is 1. The van der Waals surface area contributed by atoms with Crippen LogP contribution in [0.4, 0.5) is 5.69 Å². The fourth-order valence-electron chi connectivity index (χ4n) is 6.68. The van der Waals surface area contributed by atoms with E-state index in [2.05, 4.69) is 17.6 Å². The predicted molar refractivity (Wildman–Crippen MR) is 144 cm³/mol. The van der Waals surface area contributed by atoms with Crippen molar-refractivity contribution in [2.75, 3.05) is 25.0 Å². The van der Waals surface area contributed by atoms with E-state index >= 15 is 0 Å². The Morgan fingerprint density at radius 2 is 1.81 bits per heavy atom. The molecule has 2 unspecified atom stereocenters. The third-order valence-corrected chi connectivity index (χ3v) is 10.4. The summed E-state index contributed by atoms with van der Waals surface area (Å²) < 4.78 is -0.936. The average Bonchev–Trinajstić information content (AvgIpc) is 3.40. The second-order valence-electron chi connectivity index (χ2n) is 10.9. The maximum atomic E-state index is 14.0. The molecular formula is C28H41N3O4S. The number of anilines is 1. The van der Waals surface area contributed by atoms with Crippen LogP contribution in [0.15, 0.2) is 18.2 Å². The van der Waals surface area contributed by atoms with Crippen molar-refractivity contribution in [2.24, 2.45) is 11.8 Å². The molecule has 3 aliphatic heterocycles. The summed E-state index contributed by atoms with van der Waals surface area (Å²) in [6.45, 7) is 9.34. The van der Waals surface area contributed by atoms with Gasteiger partial charge < -0.3 is 20.6 Å². The van der Waals surface area contributed by atoms with Crippen LogP contribution in [0, 0.1) is 25.7 Å². The highest BCUT2D eigenvalue weighted by atomic mass is 32.2. The second-order valence-corrected chi connectivity index (χ2v) is 12.8. The Labute approximate surface area is 219 Å². The maximum absolute atomic E-state index is 14.0. The van der Waals surface area contributed by atoms with Gasteiger partial charge in [-0.05, 0) is 64.0 Å². The lowest BCUT2D eigenvalue weighted by atomic mass is 9.66. The summed E-state index contributed by atoms with van der Waals surface area (Å²) in [5.74, 6) is -1.16. The smallest absolute Gasteiger partial charge is 0.248 e. The fraction of sp³-hybridized carbons (Fsp3) is 0.679. The summed E-state index contributed by atoms with van der Waals surface area (Å²) in [6, 6.07) is 5.32. The number of nitrogens with one attached hydrogen (secondary N) is 2. The molecule has 1 aromatic rings. The first-order valence-corrected chi connectivity index (χ1v) is 14.3. The molecule has 198 valence electrons. The summed E-state index contributed by atoms with van der Waals surface area (Å²) in [5, 5.41) is 15.3. The van der Waals surface area contributed by atoms with E-state index in [0.717, 1.165) is 61.8 Å². The molecule has 0 radical (unpaired) electrons. The number of carbonyl (C=O) groups excluding carboxylic acids is 3. The molecule has 0 aromatic heterocycles. The molecule has 3 aliphatic rings. The number of para-hydroxylation sites is 1. The van der Waals surface area contributed by atoms with E-state index < -0.39 is 22.6 Å². The van der Waals surface area contributed by atoms with Gasteiger partial charge in [-0.25, -0.2) is 0 Å². The minimum atomic E-state index is -0.609. The van der Waals surface area contributed by atoms with Crippen molar-refractivity contribution in [2.45, 2.75) is 88.2 Å². The van der Waals surface area contributed by atoms with Crippen LogP contribution < -0.4 is 10.6 Å². The number of thioether (sulfide) groups is 1. The Morgan fingerprint density at radius 3 is 2.47 bits per heavy atom. The van der Waals surface area contributed by atoms with Crippen molar-refractivity contribution in [3.8, 4) is 0 Å². The van der Waals surface area contributed by atoms with Crippen LogP contribution in [-0.4, -0.2) is 63.0 Å². The largest absolute Gasteiger partial charge is 0.396 e. The van der Waals surface area contributed by atoms with E-state index in [4.69, 9.17) is 5.11 Å². The summed E-state index contributed by atoms with van der Waals surface area (Å²) >= 11 is 1.71. The number of aryl methyl sites for hydroxylation is 2. The number of benzene rings is 1. The average molecular weight is 516 g/mol. The lowest BCUT2D eigenvalue weighted by molar-refractivity contribution is -0.140. The quantitative estimate of drug-likeness (QED) is 0.390. The van der Waals surface area contributed by atoms with E-state index in [1.54, 1.807) is 16.7 Å². The summed E-state index contributed by atoms with van der Waals surface area (Å²) in [6.07, 6.45) is 5.71. The molecular weight excluding hydrogens is 474 g/mol. The van der Waals surface area contributed by atoms with Crippen LogP contribution in [0.2, 0.25) is 0 Å². The zero-order chi connectivity index (χ0) is 26.1. The molecule has 36 heavy (non-hydrogen) atoms. The van der Waals surface area contributed by atoms with Gasteiger partial charge >= 0.3 is 0 Å². The minimum absolute atomic E-state index is 0.0496. The van der Waals surface area contributed by atoms with Crippen molar-refractivity contribution >= 4 is 35.2 Å². The van der Waals surface area contributed by atoms with Crippen LogP contribution >= 0.6 is 11.8 Å². The molecule has 3 fully saturated rings. The molecule has 3 N–H and O–H groups in total. The molecule has 7 nitrogen and oxygen atoms in total. The lowest BCUT2D eigenvalue weighted by Crippen LogP contribution is -2.52. The predicted octanol–water partition coefficient (Wildman–Crippen LogP) is 3.80. The van der Waals surface area contributed by atoms with Gasteiger partial charge in [-0.2, -0.15) is 0 Å².